The van der Waals surface area contributed by atoms with Crippen LogP contribution in [0.25, 0.3) is 17.0 Å². The number of rotatable bonds is 9. The first-order chi connectivity index (χ1) is 15.5. The molecule has 6 nitrogen and oxygen atoms in total. The quantitative estimate of drug-likeness (QED) is 0.283. The molecule has 2 aromatic heterocycles. The van der Waals surface area contributed by atoms with E-state index in [4.69, 9.17) is 4.42 Å². The second-order valence-corrected chi connectivity index (χ2v) is 7.56. The summed E-state index contributed by atoms with van der Waals surface area (Å²) in [5, 5.41) is 4.26. The van der Waals surface area contributed by atoms with Gasteiger partial charge in [-0.1, -0.05) is 44.9 Å². The lowest BCUT2D eigenvalue weighted by Crippen LogP contribution is -2.14. The molecular formula is C26H38N4O2. The van der Waals surface area contributed by atoms with E-state index in [0.717, 1.165) is 37.3 Å². The normalized spacial score (nSPS) is 10.6. The standard InChI is InChI=1S/C14H19N3.C7H6O2.C5H13N/c1-4-7-12-11-8-5-6-9-13(11)16-14(15-12)10-17(2)3;8-5-1-3-7-4-2-6-9-7;1-3-4-5-6-2/h5-6,8-9H,4,7,10H2,1-3H3;1-6H;6H,3-5H2,1-2H3/b;3-1+;. The van der Waals surface area contributed by atoms with Gasteiger partial charge in [0.25, 0.3) is 0 Å². The number of benzene rings is 1. The number of carbonyl (C=O) groups excluding carboxylic acids is 1. The minimum absolute atomic E-state index is 0.696. The number of aryl methyl sites for hydroxylation is 1. The van der Waals surface area contributed by atoms with Gasteiger partial charge in [0.1, 0.15) is 17.9 Å². The number of allylic oxidation sites excluding steroid dienone is 1. The summed E-state index contributed by atoms with van der Waals surface area (Å²) < 4.78 is 4.89. The highest BCUT2D eigenvalue weighted by atomic mass is 16.3. The zero-order chi connectivity index (χ0) is 23.6. The van der Waals surface area contributed by atoms with E-state index >= 15 is 0 Å². The van der Waals surface area contributed by atoms with E-state index in [1.165, 1.54) is 30.0 Å². The molecule has 0 fully saturated rings. The van der Waals surface area contributed by atoms with Gasteiger partial charge >= 0.3 is 0 Å². The summed E-state index contributed by atoms with van der Waals surface area (Å²) in [6, 6.07) is 11.8. The van der Waals surface area contributed by atoms with Gasteiger partial charge in [0.15, 0.2) is 0 Å². The summed E-state index contributed by atoms with van der Waals surface area (Å²) in [7, 11) is 6.06. The van der Waals surface area contributed by atoms with Gasteiger partial charge in [-0.2, -0.15) is 0 Å². The molecule has 174 valence electrons. The third-order valence-corrected chi connectivity index (χ3v) is 4.34. The van der Waals surface area contributed by atoms with Crippen LogP contribution in [0.4, 0.5) is 0 Å². The third-order valence-electron chi connectivity index (χ3n) is 4.34. The highest BCUT2D eigenvalue weighted by molar-refractivity contribution is 5.80. The summed E-state index contributed by atoms with van der Waals surface area (Å²) in [5.41, 5.74) is 2.23. The Morgan fingerprint density at radius 3 is 2.41 bits per heavy atom. The van der Waals surface area contributed by atoms with Crippen molar-refractivity contribution in [1.29, 1.82) is 0 Å². The Morgan fingerprint density at radius 1 is 1.06 bits per heavy atom. The molecule has 0 unspecified atom stereocenters. The van der Waals surface area contributed by atoms with E-state index in [1.54, 1.807) is 24.5 Å². The van der Waals surface area contributed by atoms with Gasteiger partial charge in [0.05, 0.1) is 24.0 Å². The predicted molar refractivity (Wildman–Crippen MR) is 134 cm³/mol. The first-order valence-corrected chi connectivity index (χ1v) is 11.2. The molecule has 0 saturated carbocycles. The van der Waals surface area contributed by atoms with Gasteiger partial charge in [-0.3, -0.25) is 4.79 Å². The molecule has 1 N–H and O–H groups in total. The fraction of sp³-hybridized carbons (Fsp3) is 0.423. The second-order valence-electron chi connectivity index (χ2n) is 7.56. The first-order valence-electron chi connectivity index (χ1n) is 11.2. The summed E-state index contributed by atoms with van der Waals surface area (Å²) in [6.07, 6.45) is 9.99. The summed E-state index contributed by atoms with van der Waals surface area (Å²) in [4.78, 5) is 21.2. The fourth-order valence-corrected chi connectivity index (χ4v) is 2.85. The average Bonchev–Trinajstić information content (AvgIpc) is 3.30. The van der Waals surface area contributed by atoms with Crippen LogP contribution in [-0.4, -0.2) is 48.8 Å². The number of unbranched alkanes of at least 4 members (excludes halogenated alkanes) is 1. The smallest absolute Gasteiger partial charge is 0.143 e. The van der Waals surface area contributed by atoms with Crippen molar-refractivity contribution in [2.45, 2.75) is 46.1 Å². The van der Waals surface area contributed by atoms with E-state index in [1.807, 2.05) is 27.2 Å². The maximum Gasteiger partial charge on any atom is 0.143 e. The third kappa shape index (κ3) is 11.0. The number of fused-ring (bicyclic) bond motifs is 1. The van der Waals surface area contributed by atoms with Crippen LogP contribution in [0.15, 0.2) is 53.2 Å². The number of nitrogens with one attached hydrogen (secondary N) is 1. The molecular weight excluding hydrogens is 400 g/mol. The lowest BCUT2D eigenvalue weighted by Gasteiger charge is -2.11. The van der Waals surface area contributed by atoms with E-state index in [0.29, 0.717) is 12.0 Å². The van der Waals surface area contributed by atoms with Crippen LogP contribution in [0.2, 0.25) is 0 Å². The number of hydrogen-bond donors (Lipinski definition) is 1. The van der Waals surface area contributed by atoms with Crippen LogP contribution in [-0.2, 0) is 17.8 Å². The van der Waals surface area contributed by atoms with Crippen LogP contribution < -0.4 is 5.32 Å². The Balaban J connectivity index is 0.000000285. The van der Waals surface area contributed by atoms with Gasteiger partial charge in [0, 0.05) is 5.39 Å². The minimum Gasteiger partial charge on any atom is -0.465 e. The monoisotopic (exact) mass is 438 g/mol. The van der Waals surface area contributed by atoms with E-state index < -0.39 is 0 Å². The number of hydrogen-bond acceptors (Lipinski definition) is 6. The molecule has 3 aromatic rings. The van der Waals surface area contributed by atoms with Gasteiger partial charge in [-0.15, -0.1) is 0 Å². The van der Waals surface area contributed by atoms with E-state index in [2.05, 4.69) is 52.2 Å². The molecule has 0 radical (unpaired) electrons. The van der Waals surface area contributed by atoms with Crippen LogP contribution in [0.5, 0.6) is 0 Å². The van der Waals surface area contributed by atoms with Crippen molar-refractivity contribution in [2.24, 2.45) is 0 Å². The number of aromatic nitrogens is 2. The Hall–Kier alpha value is -2.83. The Kier molecular flexibility index (Phi) is 14.3. The molecule has 1 aromatic carbocycles. The van der Waals surface area contributed by atoms with E-state index in [-0.39, 0.29) is 0 Å². The minimum atomic E-state index is 0.696. The number of aldehydes is 1. The fourth-order valence-electron chi connectivity index (χ4n) is 2.85. The lowest BCUT2D eigenvalue weighted by atomic mass is 10.1. The van der Waals surface area contributed by atoms with Crippen molar-refractivity contribution in [3.63, 3.8) is 0 Å². The largest absolute Gasteiger partial charge is 0.465 e. The molecule has 32 heavy (non-hydrogen) atoms. The molecule has 0 aliphatic heterocycles. The topological polar surface area (TPSA) is 71.3 Å². The molecule has 0 aliphatic rings. The van der Waals surface area contributed by atoms with Crippen molar-refractivity contribution in [1.82, 2.24) is 20.2 Å². The van der Waals surface area contributed by atoms with Crippen LogP contribution in [0.3, 0.4) is 0 Å². The van der Waals surface area contributed by atoms with Gasteiger partial charge in [0.2, 0.25) is 0 Å². The summed E-state index contributed by atoms with van der Waals surface area (Å²) in [5.74, 6) is 1.61. The Bertz CT molecular complexity index is 901. The molecule has 0 spiro atoms. The van der Waals surface area contributed by atoms with Crippen molar-refractivity contribution in [3.05, 3.63) is 66.0 Å². The van der Waals surface area contributed by atoms with E-state index in [9.17, 15) is 4.79 Å². The van der Waals surface area contributed by atoms with Gasteiger partial charge in [-0.25, -0.2) is 9.97 Å². The first kappa shape index (κ1) is 27.2. The number of furan rings is 1. The van der Waals surface area contributed by atoms with Crippen LogP contribution >= 0.6 is 0 Å². The molecule has 0 aliphatic carbocycles. The highest BCUT2D eigenvalue weighted by Crippen LogP contribution is 2.17. The van der Waals surface area contributed by atoms with Crippen molar-refractivity contribution in [3.8, 4) is 0 Å². The van der Waals surface area contributed by atoms with Gasteiger partial charge in [-0.05, 0) is 70.9 Å². The lowest BCUT2D eigenvalue weighted by molar-refractivity contribution is -0.104. The zero-order valence-electron chi connectivity index (χ0n) is 20.2. The molecule has 3 rings (SSSR count). The molecule has 2 heterocycles. The molecule has 0 saturated heterocycles. The second kappa shape index (κ2) is 16.8. The predicted octanol–water partition coefficient (Wildman–Crippen LogP) is 5.14. The Morgan fingerprint density at radius 2 is 1.84 bits per heavy atom. The van der Waals surface area contributed by atoms with Gasteiger partial charge < -0.3 is 14.6 Å². The number of nitrogens with zero attached hydrogens (tertiary/aromatic N) is 3. The van der Waals surface area contributed by atoms with Crippen LogP contribution in [0.1, 0.15) is 50.4 Å². The maximum atomic E-state index is 9.77. The SMILES string of the molecule is CCCCNC.CCCc1nc(CN(C)C)nc2ccccc12.O=C/C=C/c1ccco1. The maximum absolute atomic E-state index is 9.77. The molecule has 0 bridgehead atoms. The Labute approximate surface area is 192 Å². The number of para-hydroxylation sites is 1. The average molecular weight is 439 g/mol. The number of carbonyl (C=O) groups is 1. The summed E-state index contributed by atoms with van der Waals surface area (Å²) >= 11 is 0. The van der Waals surface area contributed by atoms with Crippen molar-refractivity contribution in [2.75, 3.05) is 27.7 Å². The van der Waals surface area contributed by atoms with Crippen molar-refractivity contribution < 1.29 is 9.21 Å². The summed E-state index contributed by atoms with van der Waals surface area (Å²) in [6.45, 7) is 6.33. The highest BCUT2D eigenvalue weighted by Gasteiger charge is 2.07. The zero-order valence-corrected chi connectivity index (χ0v) is 20.2. The molecule has 0 amide bonds. The van der Waals surface area contributed by atoms with Crippen LogP contribution in [0, 0.1) is 0 Å². The molecule has 6 heteroatoms. The molecule has 0 atom stereocenters. The van der Waals surface area contributed by atoms with Crippen molar-refractivity contribution >= 4 is 23.3 Å².